The Bertz CT molecular complexity index is 258. The van der Waals surface area contributed by atoms with E-state index in [4.69, 9.17) is 10.2 Å². The maximum Gasteiger partial charge on any atom is 0.0681 e. The van der Waals surface area contributed by atoms with Gasteiger partial charge >= 0.3 is 0 Å². The van der Waals surface area contributed by atoms with Gasteiger partial charge in [-0.15, -0.1) is 0 Å². The van der Waals surface area contributed by atoms with Gasteiger partial charge in [0.15, 0.2) is 0 Å². The molecule has 1 rings (SSSR count). The second kappa shape index (κ2) is 5.75. The molecule has 0 aliphatic rings. The molecule has 0 amide bonds. The molecule has 0 fully saturated rings. The molecule has 0 heterocycles. The van der Waals surface area contributed by atoms with E-state index in [1.807, 2.05) is 31.2 Å². The van der Waals surface area contributed by atoms with Crippen LogP contribution in [0.1, 0.15) is 24.1 Å². The second-order valence-corrected chi connectivity index (χ2v) is 3.30. The molecule has 78 valence electrons. The lowest BCUT2D eigenvalue weighted by Crippen LogP contribution is -2.21. The van der Waals surface area contributed by atoms with Gasteiger partial charge in [0.1, 0.15) is 0 Å². The molecular formula is C11H17NO2. The van der Waals surface area contributed by atoms with Crippen LogP contribution in [0, 0.1) is 0 Å². The van der Waals surface area contributed by atoms with Gasteiger partial charge in [0.05, 0.1) is 13.2 Å². The largest absolute Gasteiger partial charge is 0.395 e. The van der Waals surface area contributed by atoms with E-state index in [1.165, 1.54) is 0 Å². The minimum absolute atomic E-state index is 0.0821. The Morgan fingerprint density at radius 2 is 1.86 bits per heavy atom. The Balaban J connectivity index is 2.57. The number of nitrogens with one attached hydrogen (secondary N) is 1. The highest BCUT2D eigenvalue weighted by molar-refractivity contribution is 5.24. The Labute approximate surface area is 84.4 Å². The van der Waals surface area contributed by atoms with Gasteiger partial charge in [0.25, 0.3) is 0 Å². The zero-order chi connectivity index (χ0) is 10.4. The van der Waals surface area contributed by atoms with Crippen molar-refractivity contribution < 1.29 is 10.2 Å². The van der Waals surface area contributed by atoms with E-state index in [0.29, 0.717) is 6.54 Å². The monoisotopic (exact) mass is 195 g/mol. The molecule has 3 N–H and O–H groups in total. The number of hydrogen-bond acceptors (Lipinski definition) is 3. The maximum absolute atomic E-state index is 8.86. The molecule has 1 atom stereocenters. The zero-order valence-electron chi connectivity index (χ0n) is 8.40. The molecule has 3 nitrogen and oxygen atoms in total. The molecule has 0 spiro atoms. The molecule has 0 radical (unpaired) electrons. The minimum atomic E-state index is 0.0821. The van der Waals surface area contributed by atoms with Gasteiger partial charge in [0, 0.05) is 12.6 Å². The third kappa shape index (κ3) is 3.10. The summed E-state index contributed by atoms with van der Waals surface area (Å²) in [6, 6.07) is 8.02. The summed E-state index contributed by atoms with van der Waals surface area (Å²) in [5.74, 6) is 0. The van der Waals surface area contributed by atoms with Crippen LogP contribution in [0.3, 0.4) is 0 Å². The van der Waals surface area contributed by atoms with Gasteiger partial charge in [-0.25, -0.2) is 0 Å². The van der Waals surface area contributed by atoms with Crippen molar-refractivity contribution in [1.29, 1.82) is 0 Å². The number of rotatable bonds is 5. The predicted octanol–water partition coefficient (Wildman–Crippen LogP) is 0.822. The standard InChI is InChI=1S/C11H17NO2/c1-9(12-6-7-13)11-4-2-10(8-14)3-5-11/h2-5,9,12-14H,6-8H2,1H3. The summed E-state index contributed by atoms with van der Waals surface area (Å²) in [7, 11) is 0. The van der Waals surface area contributed by atoms with Gasteiger partial charge in [-0.3, -0.25) is 0 Å². The Morgan fingerprint density at radius 3 is 2.36 bits per heavy atom. The van der Waals surface area contributed by atoms with Crippen LogP contribution in [0.25, 0.3) is 0 Å². The van der Waals surface area contributed by atoms with Crippen LogP contribution in [-0.2, 0) is 6.61 Å². The SMILES string of the molecule is CC(NCCO)c1ccc(CO)cc1. The Kier molecular flexibility index (Phi) is 4.59. The first-order valence-corrected chi connectivity index (χ1v) is 4.82. The average Bonchev–Trinajstić information content (AvgIpc) is 2.26. The molecule has 1 unspecified atom stereocenters. The first-order chi connectivity index (χ1) is 6.77. The second-order valence-electron chi connectivity index (χ2n) is 3.30. The average molecular weight is 195 g/mol. The first-order valence-electron chi connectivity index (χ1n) is 4.82. The molecule has 1 aromatic rings. The van der Waals surface area contributed by atoms with E-state index in [1.54, 1.807) is 0 Å². The highest BCUT2D eigenvalue weighted by Crippen LogP contribution is 2.12. The smallest absolute Gasteiger partial charge is 0.0681 e. The van der Waals surface area contributed by atoms with Crippen LogP contribution in [0.5, 0.6) is 0 Å². The maximum atomic E-state index is 8.86. The van der Waals surface area contributed by atoms with Gasteiger partial charge in [-0.1, -0.05) is 24.3 Å². The van der Waals surface area contributed by atoms with Crippen LogP contribution in [0.2, 0.25) is 0 Å². The highest BCUT2D eigenvalue weighted by atomic mass is 16.3. The number of hydrogen-bond donors (Lipinski definition) is 3. The number of aliphatic hydroxyl groups is 2. The molecule has 0 aromatic heterocycles. The summed E-state index contributed by atoms with van der Waals surface area (Å²) in [6.45, 7) is 2.88. The van der Waals surface area contributed by atoms with Crippen molar-refractivity contribution in [3.8, 4) is 0 Å². The van der Waals surface area contributed by atoms with Gasteiger partial charge in [0.2, 0.25) is 0 Å². The van der Waals surface area contributed by atoms with Crippen molar-refractivity contribution in [2.24, 2.45) is 0 Å². The molecule has 3 heteroatoms. The summed E-state index contributed by atoms with van der Waals surface area (Å²) in [4.78, 5) is 0. The lowest BCUT2D eigenvalue weighted by Gasteiger charge is -2.13. The van der Waals surface area contributed by atoms with Crippen molar-refractivity contribution in [3.63, 3.8) is 0 Å². The van der Waals surface area contributed by atoms with Crippen molar-refractivity contribution in [2.45, 2.75) is 19.6 Å². The summed E-state index contributed by atoms with van der Waals surface area (Å²) in [5.41, 5.74) is 2.08. The van der Waals surface area contributed by atoms with Gasteiger partial charge < -0.3 is 15.5 Å². The first kappa shape index (κ1) is 11.2. The van der Waals surface area contributed by atoms with E-state index in [2.05, 4.69) is 5.32 Å². The van der Waals surface area contributed by atoms with Crippen LogP contribution in [-0.4, -0.2) is 23.4 Å². The van der Waals surface area contributed by atoms with Crippen LogP contribution >= 0.6 is 0 Å². The van der Waals surface area contributed by atoms with Crippen LogP contribution in [0.4, 0.5) is 0 Å². The quantitative estimate of drug-likeness (QED) is 0.652. The van der Waals surface area contributed by atoms with E-state index in [0.717, 1.165) is 11.1 Å². The number of benzene rings is 1. The molecule has 1 aromatic carbocycles. The summed E-state index contributed by atoms with van der Waals surface area (Å²) in [5, 5.41) is 20.7. The van der Waals surface area contributed by atoms with Crippen molar-refractivity contribution in [3.05, 3.63) is 35.4 Å². The molecular weight excluding hydrogens is 178 g/mol. The van der Waals surface area contributed by atoms with Gasteiger partial charge in [-0.05, 0) is 18.1 Å². The fourth-order valence-electron chi connectivity index (χ4n) is 1.31. The Hall–Kier alpha value is -0.900. The predicted molar refractivity (Wildman–Crippen MR) is 55.9 cm³/mol. The lowest BCUT2D eigenvalue weighted by atomic mass is 10.1. The van der Waals surface area contributed by atoms with E-state index in [-0.39, 0.29) is 19.3 Å². The van der Waals surface area contributed by atoms with Crippen molar-refractivity contribution >= 4 is 0 Å². The van der Waals surface area contributed by atoms with Crippen LogP contribution in [0.15, 0.2) is 24.3 Å². The van der Waals surface area contributed by atoms with E-state index in [9.17, 15) is 0 Å². The van der Waals surface area contributed by atoms with E-state index < -0.39 is 0 Å². The fourth-order valence-corrected chi connectivity index (χ4v) is 1.31. The zero-order valence-corrected chi connectivity index (χ0v) is 8.40. The molecule has 0 aliphatic heterocycles. The molecule has 0 saturated heterocycles. The Morgan fingerprint density at radius 1 is 1.21 bits per heavy atom. The third-order valence-corrected chi connectivity index (χ3v) is 2.22. The normalized spacial score (nSPS) is 12.8. The van der Waals surface area contributed by atoms with Crippen molar-refractivity contribution in [2.75, 3.05) is 13.2 Å². The third-order valence-electron chi connectivity index (χ3n) is 2.22. The molecule has 0 saturated carbocycles. The highest BCUT2D eigenvalue weighted by Gasteiger charge is 2.03. The molecule has 14 heavy (non-hydrogen) atoms. The molecule has 0 aliphatic carbocycles. The topological polar surface area (TPSA) is 52.5 Å². The molecule has 0 bridgehead atoms. The minimum Gasteiger partial charge on any atom is -0.395 e. The van der Waals surface area contributed by atoms with Crippen molar-refractivity contribution in [1.82, 2.24) is 5.32 Å². The van der Waals surface area contributed by atoms with E-state index >= 15 is 0 Å². The number of aliphatic hydroxyl groups excluding tert-OH is 2. The summed E-state index contributed by atoms with van der Waals surface area (Å²) >= 11 is 0. The lowest BCUT2D eigenvalue weighted by molar-refractivity contribution is 0.281. The summed E-state index contributed by atoms with van der Waals surface area (Å²) in [6.07, 6.45) is 0. The van der Waals surface area contributed by atoms with Crippen LogP contribution < -0.4 is 5.32 Å². The summed E-state index contributed by atoms with van der Waals surface area (Å²) < 4.78 is 0. The van der Waals surface area contributed by atoms with Gasteiger partial charge in [-0.2, -0.15) is 0 Å². The fraction of sp³-hybridized carbons (Fsp3) is 0.455.